The van der Waals surface area contributed by atoms with Crippen LogP contribution in [0, 0.1) is 0 Å². The minimum absolute atomic E-state index is 0.265. The number of rotatable bonds is 5. The Hall–Kier alpha value is -2.71. The van der Waals surface area contributed by atoms with Crippen molar-refractivity contribution < 1.29 is 9.59 Å². The van der Waals surface area contributed by atoms with E-state index in [4.69, 9.17) is 0 Å². The molecule has 0 aliphatic carbocycles. The first-order valence-corrected chi connectivity index (χ1v) is 9.11. The third-order valence-corrected chi connectivity index (χ3v) is 5.08. The van der Waals surface area contributed by atoms with Gasteiger partial charge in [-0.2, -0.15) is 0 Å². The number of hydrogen-bond acceptors (Lipinski definition) is 6. The van der Waals surface area contributed by atoms with Crippen LogP contribution in [0.25, 0.3) is 0 Å². The molecule has 2 heterocycles. The highest BCUT2D eigenvalue weighted by Gasteiger charge is 2.17. The normalized spacial score (nSPS) is 14.7. The molecular formula is C18H21N5O2S. The van der Waals surface area contributed by atoms with Crippen LogP contribution in [0.3, 0.4) is 0 Å². The maximum Gasteiger partial charge on any atom is 0.257 e. The van der Waals surface area contributed by atoms with E-state index in [0.29, 0.717) is 16.4 Å². The van der Waals surface area contributed by atoms with Gasteiger partial charge in [0.1, 0.15) is 5.00 Å². The Morgan fingerprint density at radius 1 is 1.23 bits per heavy atom. The summed E-state index contributed by atoms with van der Waals surface area (Å²) in [6.07, 6.45) is 2.98. The fourth-order valence-electron chi connectivity index (χ4n) is 2.60. The Balaban J connectivity index is 1.64. The first-order valence-electron chi connectivity index (χ1n) is 8.29. The fraction of sp³-hybridized carbons (Fsp3) is 0.278. The molecule has 2 N–H and O–H groups in total. The molecule has 136 valence electrons. The predicted octanol–water partition coefficient (Wildman–Crippen LogP) is 2.27. The lowest BCUT2D eigenvalue weighted by Gasteiger charge is -2.32. The number of anilines is 3. The smallest absolute Gasteiger partial charge is 0.257 e. The van der Waals surface area contributed by atoms with Crippen molar-refractivity contribution in [1.29, 1.82) is 0 Å². The number of carbonyl (C=O) groups is 2. The van der Waals surface area contributed by atoms with Crippen LogP contribution in [0.5, 0.6) is 0 Å². The van der Waals surface area contributed by atoms with Crippen molar-refractivity contribution in [3.8, 4) is 0 Å². The zero-order chi connectivity index (χ0) is 18.5. The van der Waals surface area contributed by atoms with Crippen LogP contribution in [0.2, 0.25) is 0 Å². The van der Waals surface area contributed by atoms with E-state index in [1.165, 1.54) is 17.4 Å². The van der Waals surface area contributed by atoms with E-state index in [2.05, 4.69) is 39.0 Å². The number of amides is 2. The Labute approximate surface area is 156 Å². The lowest BCUT2D eigenvalue weighted by molar-refractivity contribution is -0.111. The van der Waals surface area contributed by atoms with Gasteiger partial charge in [0.2, 0.25) is 5.91 Å². The van der Waals surface area contributed by atoms with Gasteiger partial charge in [0.25, 0.3) is 5.91 Å². The molecule has 1 aliphatic heterocycles. The molecule has 1 fully saturated rings. The largest absolute Gasteiger partial charge is 0.360 e. The first-order chi connectivity index (χ1) is 12.5. The van der Waals surface area contributed by atoms with Crippen LogP contribution in [0.1, 0.15) is 10.4 Å². The molecule has 3 rings (SSSR count). The summed E-state index contributed by atoms with van der Waals surface area (Å²) in [6, 6.07) is 6.73. The zero-order valence-electron chi connectivity index (χ0n) is 14.6. The lowest BCUT2D eigenvalue weighted by Crippen LogP contribution is -2.44. The average molecular weight is 371 g/mol. The summed E-state index contributed by atoms with van der Waals surface area (Å²) in [5.41, 5.74) is 0.989. The topological polar surface area (TPSA) is 77.6 Å². The highest BCUT2D eigenvalue weighted by molar-refractivity contribution is 7.19. The van der Waals surface area contributed by atoms with Gasteiger partial charge in [-0.05, 0) is 31.3 Å². The van der Waals surface area contributed by atoms with E-state index in [0.717, 1.165) is 31.2 Å². The third-order valence-electron chi connectivity index (χ3n) is 4.11. The highest BCUT2D eigenvalue weighted by atomic mass is 32.1. The number of likely N-dealkylation sites (N-methyl/N-ethyl adjacent to an activating group) is 1. The van der Waals surface area contributed by atoms with E-state index in [-0.39, 0.29) is 11.8 Å². The summed E-state index contributed by atoms with van der Waals surface area (Å²) in [6.45, 7) is 7.35. The number of piperazine rings is 1. The van der Waals surface area contributed by atoms with Crippen LogP contribution < -0.4 is 15.5 Å². The molecule has 7 nitrogen and oxygen atoms in total. The lowest BCUT2D eigenvalue weighted by atomic mass is 10.2. The molecule has 2 amide bonds. The number of nitrogens with zero attached hydrogens (tertiary/aromatic N) is 3. The minimum Gasteiger partial charge on any atom is -0.360 e. The molecule has 0 spiro atoms. The molecule has 1 aromatic heterocycles. The van der Waals surface area contributed by atoms with Gasteiger partial charge in [-0.25, -0.2) is 4.98 Å². The number of carbonyl (C=O) groups excluding carboxylic acids is 2. The molecule has 1 aliphatic rings. The Morgan fingerprint density at radius 3 is 2.73 bits per heavy atom. The van der Waals surface area contributed by atoms with Gasteiger partial charge in [-0.3, -0.25) is 14.9 Å². The first kappa shape index (κ1) is 18.1. The number of benzene rings is 1. The predicted molar refractivity (Wildman–Crippen MR) is 105 cm³/mol. The van der Waals surface area contributed by atoms with Crippen molar-refractivity contribution >= 4 is 39.0 Å². The Morgan fingerprint density at radius 2 is 2.00 bits per heavy atom. The van der Waals surface area contributed by atoms with Crippen LogP contribution in [-0.4, -0.2) is 54.9 Å². The molecule has 0 saturated carbocycles. The average Bonchev–Trinajstić information content (AvgIpc) is 3.11. The van der Waals surface area contributed by atoms with Gasteiger partial charge in [0.05, 0.1) is 6.20 Å². The maximum absolute atomic E-state index is 12.5. The van der Waals surface area contributed by atoms with Crippen molar-refractivity contribution in [3.05, 3.63) is 48.7 Å². The van der Waals surface area contributed by atoms with Gasteiger partial charge >= 0.3 is 0 Å². The number of aromatic nitrogens is 1. The minimum atomic E-state index is -0.320. The van der Waals surface area contributed by atoms with Crippen molar-refractivity contribution in [2.45, 2.75) is 0 Å². The van der Waals surface area contributed by atoms with E-state index in [1.807, 2.05) is 0 Å². The van der Waals surface area contributed by atoms with Crippen LogP contribution in [-0.2, 0) is 4.79 Å². The monoisotopic (exact) mass is 371 g/mol. The molecule has 0 radical (unpaired) electrons. The second-order valence-electron chi connectivity index (χ2n) is 6.02. The molecule has 1 saturated heterocycles. The van der Waals surface area contributed by atoms with Gasteiger partial charge in [-0.1, -0.05) is 24.0 Å². The van der Waals surface area contributed by atoms with Crippen LogP contribution in [0.4, 0.5) is 15.8 Å². The molecule has 1 aromatic carbocycles. The van der Waals surface area contributed by atoms with Gasteiger partial charge in [-0.15, -0.1) is 0 Å². The zero-order valence-corrected chi connectivity index (χ0v) is 15.4. The molecule has 0 atom stereocenters. The summed E-state index contributed by atoms with van der Waals surface area (Å²) >= 11 is 1.46. The number of hydrogen-bond donors (Lipinski definition) is 2. The summed E-state index contributed by atoms with van der Waals surface area (Å²) < 4.78 is 0. The fourth-order valence-corrected chi connectivity index (χ4v) is 3.46. The van der Waals surface area contributed by atoms with E-state index in [9.17, 15) is 9.59 Å². The number of thiazole rings is 1. The number of nitrogens with one attached hydrogen (secondary N) is 2. The second kappa shape index (κ2) is 8.11. The summed E-state index contributed by atoms with van der Waals surface area (Å²) in [7, 11) is 2.11. The van der Waals surface area contributed by atoms with Crippen LogP contribution in [0.15, 0.2) is 43.1 Å². The van der Waals surface area contributed by atoms with Crippen molar-refractivity contribution in [1.82, 2.24) is 9.88 Å². The van der Waals surface area contributed by atoms with Gasteiger partial charge in [0.15, 0.2) is 5.13 Å². The van der Waals surface area contributed by atoms with E-state index < -0.39 is 0 Å². The molecular weight excluding hydrogens is 350 g/mol. The molecule has 2 aromatic rings. The van der Waals surface area contributed by atoms with Crippen LogP contribution >= 0.6 is 11.3 Å². The Bertz CT molecular complexity index is 811. The third kappa shape index (κ3) is 4.47. The quantitative estimate of drug-likeness (QED) is 0.789. The van der Waals surface area contributed by atoms with Crippen molar-refractivity contribution in [2.75, 3.05) is 48.8 Å². The molecule has 0 bridgehead atoms. The van der Waals surface area contributed by atoms with Crippen molar-refractivity contribution in [2.24, 2.45) is 0 Å². The molecule has 8 heteroatoms. The van der Waals surface area contributed by atoms with E-state index in [1.54, 1.807) is 30.5 Å². The standard InChI is InChI=1S/C18H21N5O2S/c1-3-15(24)20-14-6-4-5-13(11-14)17(25)21-18-19-12-16(26-18)23-9-7-22(2)8-10-23/h3-6,11-12H,1,7-10H2,2H3,(H,20,24)(H,19,21,25). The summed E-state index contributed by atoms with van der Waals surface area (Å²) in [5.74, 6) is -0.585. The summed E-state index contributed by atoms with van der Waals surface area (Å²) in [4.78, 5) is 32.7. The Kier molecular flexibility index (Phi) is 5.65. The maximum atomic E-state index is 12.5. The van der Waals surface area contributed by atoms with Gasteiger partial charge in [0, 0.05) is 37.4 Å². The SMILES string of the molecule is C=CC(=O)Nc1cccc(C(=O)Nc2ncc(N3CCN(C)CC3)s2)c1. The van der Waals surface area contributed by atoms with Gasteiger partial charge < -0.3 is 15.1 Å². The van der Waals surface area contributed by atoms with Crippen molar-refractivity contribution in [3.63, 3.8) is 0 Å². The summed E-state index contributed by atoms with van der Waals surface area (Å²) in [5, 5.41) is 7.08. The highest BCUT2D eigenvalue weighted by Crippen LogP contribution is 2.28. The molecule has 26 heavy (non-hydrogen) atoms. The molecule has 0 unspecified atom stereocenters. The van der Waals surface area contributed by atoms with E-state index >= 15 is 0 Å². The second-order valence-corrected chi connectivity index (χ2v) is 7.03.